The summed E-state index contributed by atoms with van der Waals surface area (Å²) in [6, 6.07) is 96.6. The molecular weight excluding hydrogens is 861 g/mol. The molecule has 2 aromatic heterocycles. The van der Waals surface area contributed by atoms with Crippen molar-refractivity contribution in [1.29, 1.82) is 0 Å². The standard InChI is InChI=1S/C68H44N2O/c1-3-19-55-48(14-1)16-12-24-56(55)50-32-30-45(31-33-50)46-34-39-52(40-35-46)69(63-26-8-7-23-60(63)61-25-13-29-66-67(61)62-43-38-49-15-2-4-20-57(49)68(62)71-66)53-41-36-47(37-42-53)51-17-11-18-54(44-51)70-64-27-9-5-21-58(64)59-22-6-10-28-65(59)70/h1-44H. The molecule has 71 heavy (non-hydrogen) atoms. The second kappa shape index (κ2) is 16.7. The first-order chi connectivity index (χ1) is 35.2. The van der Waals surface area contributed by atoms with E-state index in [1.165, 1.54) is 54.7 Å². The maximum Gasteiger partial charge on any atom is 0.143 e. The Morgan fingerprint density at radius 2 is 0.817 bits per heavy atom. The Kier molecular flexibility index (Phi) is 9.53. The highest BCUT2D eigenvalue weighted by Crippen LogP contribution is 2.46. The number of para-hydroxylation sites is 3. The van der Waals surface area contributed by atoms with Gasteiger partial charge in [-0.2, -0.15) is 0 Å². The molecule has 0 amide bonds. The van der Waals surface area contributed by atoms with Crippen LogP contribution in [0.4, 0.5) is 17.1 Å². The van der Waals surface area contributed by atoms with Gasteiger partial charge < -0.3 is 13.9 Å². The van der Waals surface area contributed by atoms with Gasteiger partial charge in [-0.3, -0.25) is 0 Å². The average molecular weight is 905 g/mol. The summed E-state index contributed by atoms with van der Waals surface area (Å²) >= 11 is 0. The van der Waals surface area contributed by atoms with Gasteiger partial charge in [0.15, 0.2) is 0 Å². The van der Waals surface area contributed by atoms with Crippen LogP contribution in [0.1, 0.15) is 0 Å². The molecule has 2 heterocycles. The predicted molar refractivity (Wildman–Crippen MR) is 299 cm³/mol. The summed E-state index contributed by atoms with van der Waals surface area (Å²) in [6.45, 7) is 0. The first kappa shape index (κ1) is 40.6. The molecule has 0 fully saturated rings. The average Bonchev–Trinajstić information content (AvgIpc) is 4.00. The molecule has 0 aliphatic heterocycles. The molecule has 14 rings (SSSR count). The lowest BCUT2D eigenvalue weighted by atomic mass is 9.95. The first-order valence-electron chi connectivity index (χ1n) is 24.3. The van der Waals surface area contributed by atoms with Crippen molar-refractivity contribution in [3.05, 3.63) is 267 Å². The van der Waals surface area contributed by atoms with Gasteiger partial charge in [-0.1, -0.05) is 200 Å². The van der Waals surface area contributed by atoms with Crippen LogP contribution in [0.5, 0.6) is 0 Å². The molecule has 0 radical (unpaired) electrons. The van der Waals surface area contributed by atoms with Crippen molar-refractivity contribution in [2.75, 3.05) is 4.90 Å². The zero-order valence-electron chi connectivity index (χ0n) is 38.7. The zero-order chi connectivity index (χ0) is 46.8. The maximum atomic E-state index is 6.72. The molecule has 0 spiro atoms. The molecule has 3 heteroatoms. The molecule has 0 N–H and O–H groups in total. The van der Waals surface area contributed by atoms with Gasteiger partial charge in [0.25, 0.3) is 0 Å². The van der Waals surface area contributed by atoms with Gasteiger partial charge >= 0.3 is 0 Å². The van der Waals surface area contributed by atoms with Gasteiger partial charge in [-0.15, -0.1) is 0 Å². The van der Waals surface area contributed by atoms with Gasteiger partial charge in [-0.05, 0) is 122 Å². The summed E-state index contributed by atoms with van der Waals surface area (Å²) in [6.07, 6.45) is 0. The Morgan fingerprint density at radius 3 is 1.54 bits per heavy atom. The lowest BCUT2D eigenvalue weighted by Crippen LogP contribution is -2.11. The molecule has 0 aliphatic rings. The van der Waals surface area contributed by atoms with Gasteiger partial charge in [0.2, 0.25) is 0 Å². The minimum absolute atomic E-state index is 0.874. The van der Waals surface area contributed by atoms with Gasteiger partial charge in [-0.25, -0.2) is 0 Å². The molecule has 0 saturated carbocycles. The van der Waals surface area contributed by atoms with Crippen LogP contribution in [0, 0.1) is 0 Å². The summed E-state index contributed by atoms with van der Waals surface area (Å²) in [5.74, 6) is 0. The highest BCUT2D eigenvalue weighted by molar-refractivity contribution is 6.20. The Labute approximate surface area is 411 Å². The van der Waals surface area contributed by atoms with E-state index in [-0.39, 0.29) is 0 Å². The number of fused-ring (bicyclic) bond motifs is 9. The van der Waals surface area contributed by atoms with Crippen LogP contribution < -0.4 is 4.90 Å². The highest BCUT2D eigenvalue weighted by Gasteiger charge is 2.22. The Morgan fingerprint density at radius 1 is 0.310 bits per heavy atom. The number of hydrogen-bond donors (Lipinski definition) is 0. The minimum atomic E-state index is 0.874. The molecule has 332 valence electrons. The Bertz CT molecular complexity index is 4270. The summed E-state index contributed by atoms with van der Waals surface area (Å²) in [5, 5.41) is 9.53. The maximum absolute atomic E-state index is 6.72. The lowest BCUT2D eigenvalue weighted by molar-refractivity contribution is 0.673. The number of nitrogens with zero attached hydrogens (tertiary/aromatic N) is 2. The molecule has 0 bridgehead atoms. The van der Waals surface area contributed by atoms with E-state index in [0.717, 1.165) is 77.9 Å². The van der Waals surface area contributed by atoms with Crippen molar-refractivity contribution in [3.63, 3.8) is 0 Å². The highest BCUT2D eigenvalue weighted by atomic mass is 16.3. The van der Waals surface area contributed by atoms with Crippen molar-refractivity contribution in [2.45, 2.75) is 0 Å². The SMILES string of the molecule is c1cc(-c2ccc(N(c3ccc(-c4ccc(-c5cccc6ccccc56)cc4)cc3)c3ccccc3-c3cccc4oc5c6ccccc6ccc5c34)cc2)cc(-n2c3ccccc3c3ccccc32)c1. The van der Waals surface area contributed by atoms with Gasteiger partial charge in [0.1, 0.15) is 11.2 Å². The topological polar surface area (TPSA) is 21.3 Å². The van der Waals surface area contributed by atoms with Crippen molar-refractivity contribution in [2.24, 2.45) is 0 Å². The van der Waals surface area contributed by atoms with Crippen molar-refractivity contribution < 1.29 is 4.42 Å². The third-order valence-corrected chi connectivity index (χ3v) is 14.4. The van der Waals surface area contributed by atoms with E-state index in [1.807, 2.05) is 0 Å². The number of aromatic nitrogens is 1. The van der Waals surface area contributed by atoms with E-state index in [4.69, 9.17) is 4.42 Å². The van der Waals surface area contributed by atoms with Crippen LogP contribution in [0.25, 0.3) is 115 Å². The third kappa shape index (κ3) is 6.82. The van der Waals surface area contributed by atoms with Crippen LogP contribution >= 0.6 is 0 Å². The predicted octanol–water partition coefficient (Wildman–Crippen LogP) is 19.1. The molecule has 14 aromatic rings. The number of anilines is 3. The molecule has 0 aliphatic carbocycles. The molecular formula is C68H44N2O. The smallest absolute Gasteiger partial charge is 0.143 e. The molecule has 3 nitrogen and oxygen atoms in total. The van der Waals surface area contributed by atoms with Gasteiger partial charge in [0.05, 0.1) is 16.7 Å². The molecule has 0 atom stereocenters. The van der Waals surface area contributed by atoms with Gasteiger partial charge in [0, 0.05) is 49.6 Å². The number of benzene rings is 12. The van der Waals surface area contributed by atoms with E-state index in [9.17, 15) is 0 Å². The normalized spacial score (nSPS) is 11.7. The fraction of sp³-hybridized carbons (Fsp3) is 0. The Balaban J connectivity index is 0.880. The largest absolute Gasteiger partial charge is 0.455 e. The zero-order valence-corrected chi connectivity index (χ0v) is 38.7. The quantitative estimate of drug-likeness (QED) is 0.151. The monoisotopic (exact) mass is 904 g/mol. The van der Waals surface area contributed by atoms with E-state index in [2.05, 4.69) is 276 Å². The van der Waals surface area contributed by atoms with E-state index in [1.54, 1.807) is 0 Å². The first-order valence-corrected chi connectivity index (χ1v) is 24.3. The van der Waals surface area contributed by atoms with Crippen LogP contribution in [0.3, 0.4) is 0 Å². The minimum Gasteiger partial charge on any atom is -0.455 e. The fourth-order valence-corrected chi connectivity index (χ4v) is 11.1. The number of rotatable bonds is 8. The molecule has 12 aromatic carbocycles. The van der Waals surface area contributed by atoms with Crippen LogP contribution in [0.2, 0.25) is 0 Å². The molecule has 0 unspecified atom stereocenters. The second-order valence-corrected chi connectivity index (χ2v) is 18.4. The van der Waals surface area contributed by atoms with Crippen molar-refractivity contribution in [1.82, 2.24) is 4.57 Å². The fourth-order valence-electron chi connectivity index (χ4n) is 11.1. The van der Waals surface area contributed by atoms with E-state index < -0.39 is 0 Å². The van der Waals surface area contributed by atoms with Crippen LogP contribution in [-0.4, -0.2) is 4.57 Å². The van der Waals surface area contributed by atoms with Crippen LogP contribution in [0.15, 0.2) is 271 Å². The van der Waals surface area contributed by atoms with Crippen molar-refractivity contribution in [3.8, 4) is 50.2 Å². The third-order valence-electron chi connectivity index (χ3n) is 14.4. The number of hydrogen-bond acceptors (Lipinski definition) is 2. The van der Waals surface area contributed by atoms with E-state index in [0.29, 0.717) is 0 Å². The Hall–Kier alpha value is -9.44. The summed E-state index contributed by atoms with van der Waals surface area (Å²) in [7, 11) is 0. The van der Waals surface area contributed by atoms with Crippen molar-refractivity contribution >= 4 is 82.4 Å². The van der Waals surface area contributed by atoms with Crippen LogP contribution in [-0.2, 0) is 0 Å². The second-order valence-electron chi connectivity index (χ2n) is 18.4. The van der Waals surface area contributed by atoms with E-state index >= 15 is 0 Å². The number of furan rings is 1. The summed E-state index contributed by atoms with van der Waals surface area (Å²) in [4.78, 5) is 2.40. The summed E-state index contributed by atoms with van der Waals surface area (Å²) in [5.41, 5.74) is 17.8. The lowest BCUT2D eigenvalue weighted by Gasteiger charge is -2.28. The molecule has 0 saturated heterocycles. The summed E-state index contributed by atoms with van der Waals surface area (Å²) < 4.78 is 9.10.